The highest BCUT2D eigenvalue weighted by atomic mass is 15.1. The van der Waals surface area contributed by atoms with Gasteiger partial charge in [0.15, 0.2) is 0 Å². The number of fused-ring (bicyclic) bond motifs is 6. The summed E-state index contributed by atoms with van der Waals surface area (Å²) in [5.41, 5.74) is 13.9. The molecule has 0 amide bonds. The molecule has 6 aromatic carbocycles. The molecule has 1 heterocycles. The highest BCUT2D eigenvalue weighted by molar-refractivity contribution is 6.12. The molecule has 1 unspecified atom stereocenters. The van der Waals surface area contributed by atoms with Crippen molar-refractivity contribution in [2.24, 2.45) is 0 Å². The minimum Gasteiger partial charge on any atom is -0.354 e. The van der Waals surface area contributed by atoms with Crippen molar-refractivity contribution in [1.29, 1.82) is 0 Å². The van der Waals surface area contributed by atoms with Gasteiger partial charge in [-0.2, -0.15) is 0 Å². The van der Waals surface area contributed by atoms with E-state index in [0.717, 1.165) is 24.2 Å². The molecule has 43 heavy (non-hydrogen) atoms. The van der Waals surface area contributed by atoms with Crippen LogP contribution in [0.15, 0.2) is 140 Å². The van der Waals surface area contributed by atoms with Crippen molar-refractivity contribution in [1.82, 2.24) is 4.98 Å². The quantitative estimate of drug-likeness (QED) is 0.217. The summed E-state index contributed by atoms with van der Waals surface area (Å²) >= 11 is 0. The first-order valence-electron chi connectivity index (χ1n) is 15.4. The molecule has 1 aliphatic carbocycles. The predicted molar refractivity (Wildman–Crippen MR) is 183 cm³/mol. The first kappa shape index (κ1) is 25.6. The van der Waals surface area contributed by atoms with Gasteiger partial charge in [0, 0.05) is 44.3 Å². The van der Waals surface area contributed by atoms with Crippen LogP contribution in [0.25, 0.3) is 44.1 Å². The van der Waals surface area contributed by atoms with Crippen LogP contribution in [-0.4, -0.2) is 4.98 Å². The third-order valence-corrected chi connectivity index (χ3v) is 9.39. The SMILES string of the molecule is CCCC1(C)c2cc(-c3cccc4c3[nH]c3ccccc34)ccc2-c2ccc(N(c3ccccc3)c3ccccc3)cc21. The van der Waals surface area contributed by atoms with Crippen LogP contribution in [0.2, 0.25) is 0 Å². The van der Waals surface area contributed by atoms with Gasteiger partial charge in [-0.15, -0.1) is 0 Å². The number of aromatic nitrogens is 1. The lowest BCUT2D eigenvalue weighted by Gasteiger charge is -2.30. The van der Waals surface area contributed by atoms with E-state index in [-0.39, 0.29) is 5.41 Å². The van der Waals surface area contributed by atoms with E-state index in [1.807, 2.05) is 0 Å². The lowest BCUT2D eigenvalue weighted by atomic mass is 9.76. The fourth-order valence-corrected chi connectivity index (χ4v) is 7.40. The second-order valence-electron chi connectivity index (χ2n) is 12.0. The molecule has 208 valence electrons. The standard InChI is InChI=1S/C41H34N2/c1-3-25-41(2)37-26-28(32-18-12-19-36-35-17-10-11-20-39(35)42-40(32)36)21-23-33(37)34-24-22-31(27-38(34)41)43(29-13-6-4-7-14-29)30-15-8-5-9-16-30/h4-24,26-27,42H,3,25H2,1-2H3. The number of nitrogens with zero attached hydrogens (tertiary/aromatic N) is 1. The zero-order chi connectivity index (χ0) is 29.0. The Morgan fingerprint density at radius 2 is 1.19 bits per heavy atom. The zero-order valence-electron chi connectivity index (χ0n) is 24.6. The van der Waals surface area contributed by atoms with Crippen molar-refractivity contribution >= 4 is 38.9 Å². The average molecular weight is 555 g/mol. The van der Waals surface area contributed by atoms with Crippen LogP contribution in [0.4, 0.5) is 17.1 Å². The van der Waals surface area contributed by atoms with Gasteiger partial charge in [0.2, 0.25) is 0 Å². The first-order chi connectivity index (χ1) is 21.2. The molecule has 0 spiro atoms. The number of aromatic amines is 1. The maximum Gasteiger partial charge on any atom is 0.0544 e. The summed E-state index contributed by atoms with van der Waals surface area (Å²) in [4.78, 5) is 6.09. The second kappa shape index (κ2) is 10.0. The Morgan fingerprint density at radius 3 is 1.91 bits per heavy atom. The Morgan fingerprint density at radius 1 is 0.558 bits per heavy atom. The summed E-state index contributed by atoms with van der Waals surface area (Å²) < 4.78 is 0. The van der Waals surface area contributed by atoms with Gasteiger partial charge >= 0.3 is 0 Å². The number of anilines is 3. The van der Waals surface area contributed by atoms with Crippen molar-refractivity contribution in [3.05, 3.63) is 151 Å². The van der Waals surface area contributed by atoms with Crippen molar-refractivity contribution < 1.29 is 0 Å². The molecule has 1 atom stereocenters. The van der Waals surface area contributed by atoms with Gasteiger partial charge in [-0.3, -0.25) is 0 Å². The first-order valence-corrected chi connectivity index (χ1v) is 15.4. The summed E-state index contributed by atoms with van der Waals surface area (Å²) in [6, 6.07) is 50.9. The molecular formula is C41H34N2. The molecular weight excluding hydrogens is 520 g/mol. The molecule has 1 N–H and O–H groups in total. The van der Waals surface area contributed by atoms with E-state index in [9.17, 15) is 0 Å². The van der Waals surface area contributed by atoms with Crippen LogP contribution in [-0.2, 0) is 5.41 Å². The molecule has 0 fully saturated rings. The smallest absolute Gasteiger partial charge is 0.0544 e. The zero-order valence-corrected chi connectivity index (χ0v) is 24.6. The van der Waals surface area contributed by atoms with Gasteiger partial charge in [0.05, 0.1) is 5.52 Å². The van der Waals surface area contributed by atoms with E-state index < -0.39 is 0 Å². The normalized spacial score (nSPS) is 15.5. The number of benzene rings is 6. The monoisotopic (exact) mass is 554 g/mol. The molecule has 2 heteroatoms. The van der Waals surface area contributed by atoms with Crippen molar-refractivity contribution in [3.8, 4) is 22.3 Å². The summed E-state index contributed by atoms with van der Waals surface area (Å²) in [7, 11) is 0. The number of nitrogens with one attached hydrogen (secondary N) is 1. The topological polar surface area (TPSA) is 19.0 Å². The van der Waals surface area contributed by atoms with E-state index in [2.05, 4.69) is 163 Å². The fourth-order valence-electron chi connectivity index (χ4n) is 7.40. The third kappa shape index (κ3) is 4.01. The molecule has 0 aliphatic heterocycles. The minimum absolute atomic E-state index is 0.0845. The van der Waals surface area contributed by atoms with E-state index in [4.69, 9.17) is 0 Å². The molecule has 0 bridgehead atoms. The van der Waals surface area contributed by atoms with Crippen molar-refractivity contribution in [2.75, 3.05) is 4.90 Å². The highest BCUT2D eigenvalue weighted by Gasteiger charge is 2.39. The molecule has 0 saturated heterocycles. The summed E-state index contributed by atoms with van der Waals surface area (Å²) in [6.07, 6.45) is 2.20. The maximum absolute atomic E-state index is 3.72. The van der Waals surface area contributed by atoms with Crippen LogP contribution >= 0.6 is 0 Å². The third-order valence-electron chi connectivity index (χ3n) is 9.39. The van der Waals surface area contributed by atoms with E-state index >= 15 is 0 Å². The van der Waals surface area contributed by atoms with Crippen LogP contribution in [0, 0.1) is 0 Å². The molecule has 8 rings (SSSR count). The molecule has 1 aliphatic rings. The fraction of sp³-hybridized carbons (Fsp3) is 0.122. The summed E-state index contributed by atoms with van der Waals surface area (Å²) in [5.74, 6) is 0. The number of hydrogen-bond acceptors (Lipinski definition) is 1. The van der Waals surface area contributed by atoms with Gasteiger partial charge in [0.25, 0.3) is 0 Å². The van der Waals surface area contributed by atoms with Crippen LogP contribution in [0.3, 0.4) is 0 Å². The molecule has 7 aromatic rings. The lowest BCUT2D eigenvalue weighted by molar-refractivity contribution is 0.524. The number of H-pyrrole nitrogens is 1. The van der Waals surface area contributed by atoms with Gasteiger partial charge in [-0.1, -0.05) is 111 Å². The van der Waals surface area contributed by atoms with Gasteiger partial charge < -0.3 is 9.88 Å². The summed E-state index contributed by atoms with van der Waals surface area (Å²) in [5, 5.41) is 2.55. The predicted octanol–water partition coefficient (Wildman–Crippen LogP) is 11.5. The van der Waals surface area contributed by atoms with Gasteiger partial charge in [0.1, 0.15) is 0 Å². The Labute approximate surface area is 253 Å². The largest absolute Gasteiger partial charge is 0.354 e. The number of para-hydroxylation sites is 4. The van der Waals surface area contributed by atoms with Crippen LogP contribution in [0.5, 0.6) is 0 Å². The maximum atomic E-state index is 3.72. The van der Waals surface area contributed by atoms with Gasteiger partial charge in [-0.05, 0) is 82.8 Å². The van der Waals surface area contributed by atoms with Crippen LogP contribution < -0.4 is 4.90 Å². The minimum atomic E-state index is -0.0845. The van der Waals surface area contributed by atoms with Crippen molar-refractivity contribution in [2.45, 2.75) is 32.1 Å². The molecule has 1 aromatic heterocycles. The Balaban J connectivity index is 1.28. The number of hydrogen-bond donors (Lipinski definition) is 1. The van der Waals surface area contributed by atoms with E-state index in [1.165, 1.54) is 60.9 Å². The molecule has 0 saturated carbocycles. The summed E-state index contributed by atoms with van der Waals surface area (Å²) in [6.45, 7) is 4.76. The average Bonchev–Trinajstić information content (AvgIpc) is 3.55. The van der Waals surface area contributed by atoms with E-state index in [1.54, 1.807) is 0 Å². The second-order valence-corrected chi connectivity index (χ2v) is 12.0. The van der Waals surface area contributed by atoms with Crippen LogP contribution in [0.1, 0.15) is 37.8 Å². The lowest BCUT2D eigenvalue weighted by Crippen LogP contribution is -2.21. The van der Waals surface area contributed by atoms with E-state index in [0.29, 0.717) is 0 Å². The molecule has 0 radical (unpaired) electrons. The highest BCUT2D eigenvalue weighted by Crippen LogP contribution is 2.54. The Hall–Kier alpha value is -5.08. The van der Waals surface area contributed by atoms with Crippen molar-refractivity contribution in [3.63, 3.8) is 0 Å². The molecule has 2 nitrogen and oxygen atoms in total. The Kier molecular flexibility index (Phi) is 5.97. The number of rotatable bonds is 6. The van der Waals surface area contributed by atoms with Gasteiger partial charge in [-0.25, -0.2) is 0 Å². The Bertz CT molecular complexity index is 2070.